The van der Waals surface area contributed by atoms with Gasteiger partial charge < -0.3 is 5.32 Å². The van der Waals surface area contributed by atoms with Crippen molar-refractivity contribution < 1.29 is 9.72 Å². The number of nitro benzene ring substituents is 1. The number of rotatable bonds is 5. The molecule has 3 rings (SSSR count). The summed E-state index contributed by atoms with van der Waals surface area (Å²) in [6.07, 6.45) is 0. The first-order valence-corrected chi connectivity index (χ1v) is 8.73. The van der Waals surface area contributed by atoms with Gasteiger partial charge in [0.05, 0.1) is 4.92 Å². The summed E-state index contributed by atoms with van der Waals surface area (Å²) in [5.41, 5.74) is 1.99. The largest absolute Gasteiger partial charge is 0.322 e. The monoisotopic (exact) mass is 364 g/mol. The van der Waals surface area contributed by atoms with Crippen LogP contribution in [-0.2, 0) is 0 Å². The van der Waals surface area contributed by atoms with Crippen LogP contribution in [0, 0.1) is 17.0 Å². The molecule has 0 unspecified atom stereocenters. The van der Waals surface area contributed by atoms with Crippen molar-refractivity contribution in [1.29, 1.82) is 0 Å². The molecule has 0 saturated heterocycles. The van der Waals surface area contributed by atoms with E-state index < -0.39 is 4.92 Å². The molecule has 0 saturated carbocycles. The first-order valence-electron chi connectivity index (χ1n) is 7.92. The summed E-state index contributed by atoms with van der Waals surface area (Å²) < 4.78 is 0. The second kappa shape index (κ2) is 7.84. The smallest absolute Gasteiger partial charge is 0.270 e. The highest BCUT2D eigenvalue weighted by Crippen LogP contribution is 2.28. The highest BCUT2D eigenvalue weighted by molar-refractivity contribution is 7.99. The van der Waals surface area contributed by atoms with E-state index in [1.54, 1.807) is 17.8 Å². The molecule has 26 heavy (non-hydrogen) atoms. The predicted molar refractivity (Wildman–Crippen MR) is 103 cm³/mol. The van der Waals surface area contributed by atoms with Crippen LogP contribution in [0.2, 0.25) is 0 Å². The summed E-state index contributed by atoms with van der Waals surface area (Å²) in [6.45, 7) is 2.05. The molecule has 6 heteroatoms. The van der Waals surface area contributed by atoms with Crippen molar-refractivity contribution in [3.8, 4) is 0 Å². The Hall–Kier alpha value is -3.12. The van der Waals surface area contributed by atoms with E-state index in [9.17, 15) is 14.9 Å². The number of anilines is 1. The Balaban J connectivity index is 1.67. The zero-order valence-electron chi connectivity index (χ0n) is 14.0. The first-order chi connectivity index (χ1) is 12.5. The van der Waals surface area contributed by atoms with Crippen LogP contribution in [0.5, 0.6) is 0 Å². The quantitative estimate of drug-likeness (QED) is 0.492. The zero-order valence-corrected chi connectivity index (χ0v) is 14.8. The van der Waals surface area contributed by atoms with Gasteiger partial charge in [-0.05, 0) is 49.4 Å². The lowest BCUT2D eigenvalue weighted by Gasteiger charge is -2.07. The molecule has 0 aromatic heterocycles. The number of benzene rings is 3. The van der Waals surface area contributed by atoms with E-state index in [4.69, 9.17) is 0 Å². The van der Waals surface area contributed by atoms with E-state index in [0.717, 1.165) is 9.79 Å². The van der Waals surface area contributed by atoms with Crippen LogP contribution in [-0.4, -0.2) is 10.8 Å². The van der Waals surface area contributed by atoms with Crippen molar-refractivity contribution >= 4 is 29.0 Å². The topological polar surface area (TPSA) is 72.2 Å². The van der Waals surface area contributed by atoms with Crippen LogP contribution in [0.3, 0.4) is 0 Å². The van der Waals surface area contributed by atoms with Gasteiger partial charge in [0.2, 0.25) is 0 Å². The van der Waals surface area contributed by atoms with Gasteiger partial charge in [-0.15, -0.1) is 0 Å². The summed E-state index contributed by atoms with van der Waals surface area (Å²) >= 11 is 1.64. The number of nitrogens with zero attached hydrogens (tertiary/aromatic N) is 1. The van der Waals surface area contributed by atoms with Gasteiger partial charge in [0.1, 0.15) is 0 Å². The average molecular weight is 364 g/mol. The highest BCUT2D eigenvalue weighted by atomic mass is 32.2. The number of nitrogens with one attached hydrogen (secondary N) is 1. The van der Waals surface area contributed by atoms with E-state index in [1.807, 2.05) is 31.2 Å². The van der Waals surface area contributed by atoms with Crippen molar-refractivity contribution in [1.82, 2.24) is 0 Å². The van der Waals surface area contributed by atoms with Crippen LogP contribution in [0.25, 0.3) is 0 Å². The highest BCUT2D eigenvalue weighted by Gasteiger charge is 2.11. The summed E-state index contributed by atoms with van der Waals surface area (Å²) in [5.74, 6) is -0.382. The Morgan fingerprint density at radius 1 is 0.962 bits per heavy atom. The molecule has 3 aromatic rings. The molecule has 0 aliphatic heterocycles. The lowest BCUT2D eigenvalue weighted by Crippen LogP contribution is -2.11. The molecular formula is C20H16N2O3S. The summed E-state index contributed by atoms with van der Waals surface area (Å²) in [4.78, 5) is 24.7. The van der Waals surface area contributed by atoms with Gasteiger partial charge in [0.15, 0.2) is 0 Å². The second-order valence-electron chi connectivity index (χ2n) is 5.70. The Morgan fingerprint density at radius 3 is 2.19 bits per heavy atom. The van der Waals surface area contributed by atoms with Crippen molar-refractivity contribution in [3.63, 3.8) is 0 Å². The fraction of sp³-hybridized carbons (Fsp3) is 0.0500. The number of aryl methyl sites for hydroxylation is 1. The van der Waals surface area contributed by atoms with Crippen LogP contribution >= 0.6 is 11.8 Å². The molecule has 0 bridgehead atoms. The van der Waals surface area contributed by atoms with Gasteiger partial charge >= 0.3 is 0 Å². The van der Waals surface area contributed by atoms with Gasteiger partial charge in [-0.2, -0.15) is 0 Å². The average Bonchev–Trinajstić information content (AvgIpc) is 2.65. The minimum absolute atomic E-state index is 0.109. The van der Waals surface area contributed by atoms with Gasteiger partial charge in [0.25, 0.3) is 11.6 Å². The fourth-order valence-corrected chi connectivity index (χ4v) is 3.13. The zero-order chi connectivity index (χ0) is 18.5. The Kier molecular flexibility index (Phi) is 5.34. The van der Waals surface area contributed by atoms with Crippen molar-refractivity contribution in [2.24, 2.45) is 0 Å². The normalized spacial score (nSPS) is 10.3. The molecule has 0 aliphatic carbocycles. The third-order valence-corrected chi connectivity index (χ3v) is 4.70. The van der Waals surface area contributed by atoms with E-state index >= 15 is 0 Å². The molecule has 0 spiro atoms. The van der Waals surface area contributed by atoms with E-state index in [2.05, 4.69) is 29.6 Å². The molecule has 0 aliphatic rings. The summed E-state index contributed by atoms with van der Waals surface area (Å²) in [7, 11) is 0. The minimum atomic E-state index is -0.520. The maximum absolute atomic E-state index is 12.3. The molecule has 0 radical (unpaired) electrons. The number of carbonyl (C=O) groups excluding carboxylic acids is 1. The fourth-order valence-electron chi connectivity index (χ4n) is 2.31. The molecule has 3 aromatic carbocycles. The number of hydrogen-bond acceptors (Lipinski definition) is 4. The van der Waals surface area contributed by atoms with Crippen molar-refractivity contribution in [3.05, 3.63) is 94.0 Å². The predicted octanol–water partition coefficient (Wildman–Crippen LogP) is 5.31. The molecule has 0 atom stereocenters. The number of non-ortho nitro benzene ring substituents is 1. The molecular weight excluding hydrogens is 348 g/mol. The second-order valence-corrected chi connectivity index (χ2v) is 6.85. The van der Waals surface area contributed by atoms with Gasteiger partial charge in [-0.3, -0.25) is 14.9 Å². The standard InChI is InChI=1S/C20H16N2O3S/c1-14-5-9-18(10-6-14)26-19-11-7-16(8-12-19)21-20(23)15-3-2-4-17(13-15)22(24)25/h2-13H,1H3,(H,21,23). The molecule has 130 valence electrons. The Bertz CT molecular complexity index is 938. The van der Waals surface area contributed by atoms with E-state index in [0.29, 0.717) is 5.69 Å². The van der Waals surface area contributed by atoms with Crippen LogP contribution < -0.4 is 5.32 Å². The van der Waals surface area contributed by atoms with Gasteiger partial charge in [-0.25, -0.2) is 0 Å². The maximum Gasteiger partial charge on any atom is 0.270 e. The SMILES string of the molecule is Cc1ccc(Sc2ccc(NC(=O)c3cccc([N+](=O)[O-])c3)cc2)cc1. The summed E-state index contributed by atoms with van der Waals surface area (Å²) in [6, 6.07) is 21.4. The molecule has 0 fully saturated rings. The van der Waals surface area contributed by atoms with E-state index in [1.165, 1.54) is 23.8 Å². The Labute approximate surface area is 155 Å². The van der Waals surface area contributed by atoms with Crippen LogP contribution in [0.15, 0.2) is 82.6 Å². The third-order valence-electron chi connectivity index (χ3n) is 3.69. The molecule has 1 amide bonds. The van der Waals surface area contributed by atoms with Crippen molar-refractivity contribution in [2.75, 3.05) is 5.32 Å². The molecule has 5 nitrogen and oxygen atoms in total. The number of hydrogen-bond donors (Lipinski definition) is 1. The third kappa shape index (κ3) is 4.49. The number of nitro groups is 1. The van der Waals surface area contributed by atoms with Crippen LogP contribution in [0.1, 0.15) is 15.9 Å². The molecule has 0 heterocycles. The number of amides is 1. The van der Waals surface area contributed by atoms with Gasteiger partial charge in [0, 0.05) is 33.2 Å². The van der Waals surface area contributed by atoms with Crippen molar-refractivity contribution in [2.45, 2.75) is 16.7 Å². The van der Waals surface area contributed by atoms with E-state index in [-0.39, 0.29) is 17.2 Å². The molecule has 1 N–H and O–H groups in total. The lowest BCUT2D eigenvalue weighted by molar-refractivity contribution is -0.384. The maximum atomic E-state index is 12.3. The van der Waals surface area contributed by atoms with Gasteiger partial charge in [-0.1, -0.05) is 35.5 Å². The number of carbonyl (C=O) groups is 1. The van der Waals surface area contributed by atoms with Crippen LogP contribution in [0.4, 0.5) is 11.4 Å². The summed E-state index contributed by atoms with van der Waals surface area (Å²) in [5, 5.41) is 13.6. The lowest BCUT2D eigenvalue weighted by atomic mass is 10.2. The Morgan fingerprint density at radius 2 is 1.58 bits per heavy atom. The first kappa shape index (κ1) is 17.7. The minimum Gasteiger partial charge on any atom is -0.322 e.